The van der Waals surface area contributed by atoms with E-state index in [4.69, 9.17) is 4.74 Å². The van der Waals surface area contributed by atoms with Crippen LogP contribution in [0.2, 0.25) is 0 Å². The second-order valence-corrected chi connectivity index (χ2v) is 4.86. The first-order valence-electron chi connectivity index (χ1n) is 6.76. The average Bonchev–Trinajstić information content (AvgIpc) is 2.31. The molecular formula is C13H30N2O. The highest BCUT2D eigenvalue weighted by Crippen LogP contribution is 2.20. The molecule has 98 valence electrons. The van der Waals surface area contributed by atoms with E-state index in [0.29, 0.717) is 18.1 Å². The standard InChI is InChI=1S/C11H22N2O.C2H6.H2/c1-9(2)12-6-10(3)13-4-5-14-8-11(13)7-12;1-2;/h9-11H,4-8H2,1-3H3;1-2H3;1H/t10-,11?;;/m0../s1. The molecule has 0 bridgehead atoms. The van der Waals surface area contributed by atoms with Crippen molar-refractivity contribution in [3.63, 3.8) is 0 Å². The lowest BCUT2D eigenvalue weighted by molar-refractivity contribution is -0.0737. The Balaban J connectivity index is 0.000000811. The van der Waals surface area contributed by atoms with Gasteiger partial charge in [0.2, 0.25) is 0 Å². The Bertz CT molecular complexity index is 202. The predicted molar refractivity (Wildman–Crippen MR) is 70.9 cm³/mol. The van der Waals surface area contributed by atoms with E-state index in [1.54, 1.807) is 0 Å². The van der Waals surface area contributed by atoms with Crippen molar-refractivity contribution in [1.29, 1.82) is 0 Å². The Labute approximate surface area is 102 Å². The Kier molecular flexibility index (Phi) is 5.73. The third-order valence-corrected chi connectivity index (χ3v) is 3.51. The van der Waals surface area contributed by atoms with Crippen LogP contribution >= 0.6 is 0 Å². The quantitative estimate of drug-likeness (QED) is 0.686. The van der Waals surface area contributed by atoms with Crippen LogP contribution in [-0.4, -0.2) is 60.8 Å². The number of hydrogen-bond donors (Lipinski definition) is 0. The molecule has 2 saturated heterocycles. The van der Waals surface area contributed by atoms with Crippen LogP contribution in [0.4, 0.5) is 0 Å². The van der Waals surface area contributed by atoms with Crippen LogP contribution < -0.4 is 0 Å². The van der Waals surface area contributed by atoms with E-state index >= 15 is 0 Å². The largest absolute Gasteiger partial charge is 0.378 e. The number of hydrogen-bond acceptors (Lipinski definition) is 3. The molecule has 2 rings (SSSR count). The molecule has 0 aromatic heterocycles. The maximum Gasteiger partial charge on any atom is 0.0635 e. The molecule has 2 heterocycles. The summed E-state index contributed by atoms with van der Waals surface area (Å²) < 4.78 is 5.55. The first-order valence-corrected chi connectivity index (χ1v) is 6.76. The molecule has 16 heavy (non-hydrogen) atoms. The number of nitrogens with zero attached hydrogens (tertiary/aromatic N) is 2. The molecule has 2 atom stereocenters. The van der Waals surface area contributed by atoms with Gasteiger partial charge in [-0.1, -0.05) is 13.8 Å². The zero-order valence-corrected chi connectivity index (χ0v) is 11.6. The minimum atomic E-state index is 0. The molecule has 2 aliphatic heterocycles. The minimum absolute atomic E-state index is 0. The molecule has 0 aromatic carbocycles. The van der Waals surface area contributed by atoms with Crippen LogP contribution in [0.25, 0.3) is 0 Å². The lowest BCUT2D eigenvalue weighted by atomic mass is 10.0. The maximum absolute atomic E-state index is 5.55. The summed E-state index contributed by atoms with van der Waals surface area (Å²) in [7, 11) is 0. The third kappa shape index (κ3) is 3.19. The van der Waals surface area contributed by atoms with Gasteiger partial charge in [-0.2, -0.15) is 0 Å². The van der Waals surface area contributed by atoms with Gasteiger partial charge in [0.15, 0.2) is 0 Å². The van der Waals surface area contributed by atoms with Crippen molar-refractivity contribution in [3.05, 3.63) is 0 Å². The molecule has 2 fully saturated rings. The molecule has 0 radical (unpaired) electrons. The number of rotatable bonds is 1. The minimum Gasteiger partial charge on any atom is -0.378 e. The van der Waals surface area contributed by atoms with Crippen LogP contribution in [0, 0.1) is 0 Å². The van der Waals surface area contributed by atoms with Crippen molar-refractivity contribution >= 4 is 0 Å². The Hall–Kier alpha value is -0.120. The van der Waals surface area contributed by atoms with E-state index in [1.807, 2.05) is 13.8 Å². The van der Waals surface area contributed by atoms with E-state index < -0.39 is 0 Å². The fourth-order valence-corrected chi connectivity index (χ4v) is 2.62. The van der Waals surface area contributed by atoms with Gasteiger partial charge in [-0.3, -0.25) is 9.80 Å². The maximum atomic E-state index is 5.55. The predicted octanol–water partition coefficient (Wildman–Crippen LogP) is 2.07. The number of morpholine rings is 1. The molecule has 0 N–H and O–H groups in total. The van der Waals surface area contributed by atoms with Crippen LogP contribution in [0.15, 0.2) is 0 Å². The highest BCUT2D eigenvalue weighted by atomic mass is 16.5. The Morgan fingerprint density at radius 2 is 1.94 bits per heavy atom. The zero-order chi connectivity index (χ0) is 12.1. The normalized spacial score (nSPS) is 31.9. The van der Waals surface area contributed by atoms with Gasteiger partial charge in [0, 0.05) is 39.2 Å². The summed E-state index contributed by atoms with van der Waals surface area (Å²) >= 11 is 0. The molecule has 0 aliphatic carbocycles. The van der Waals surface area contributed by atoms with Crippen LogP contribution in [0.5, 0.6) is 0 Å². The number of fused-ring (bicyclic) bond motifs is 1. The fraction of sp³-hybridized carbons (Fsp3) is 1.00. The van der Waals surface area contributed by atoms with Crippen molar-refractivity contribution in [2.75, 3.05) is 32.8 Å². The lowest BCUT2D eigenvalue weighted by Crippen LogP contribution is -2.62. The monoisotopic (exact) mass is 230 g/mol. The molecule has 3 nitrogen and oxygen atoms in total. The summed E-state index contributed by atoms with van der Waals surface area (Å²) in [5.41, 5.74) is 0. The topological polar surface area (TPSA) is 15.7 Å². The summed E-state index contributed by atoms with van der Waals surface area (Å²) in [5.74, 6) is 0. The number of piperazine rings is 1. The van der Waals surface area contributed by atoms with Crippen molar-refractivity contribution in [2.24, 2.45) is 0 Å². The molecule has 2 aliphatic rings. The summed E-state index contributed by atoms with van der Waals surface area (Å²) in [6, 6.07) is 2.00. The van der Waals surface area contributed by atoms with Gasteiger partial charge in [0.25, 0.3) is 0 Å². The van der Waals surface area contributed by atoms with Crippen LogP contribution in [-0.2, 0) is 4.74 Å². The molecule has 0 saturated carbocycles. The molecular weight excluding hydrogens is 200 g/mol. The Morgan fingerprint density at radius 3 is 2.56 bits per heavy atom. The second-order valence-electron chi connectivity index (χ2n) is 4.86. The highest BCUT2D eigenvalue weighted by Gasteiger charge is 2.34. The highest BCUT2D eigenvalue weighted by molar-refractivity contribution is 4.89. The smallest absolute Gasteiger partial charge is 0.0635 e. The van der Waals surface area contributed by atoms with Gasteiger partial charge >= 0.3 is 0 Å². The lowest BCUT2D eigenvalue weighted by Gasteiger charge is -2.48. The van der Waals surface area contributed by atoms with Gasteiger partial charge in [0.1, 0.15) is 0 Å². The van der Waals surface area contributed by atoms with Crippen molar-refractivity contribution in [2.45, 2.75) is 52.7 Å². The van der Waals surface area contributed by atoms with Crippen molar-refractivity contribution < 1.29 is 6.16 Å². The van der Waals surface area contributed by atoms with E-state index in [9.17, 15) is 0 Å². The van der Waals surface area contributed by atoms with Gasteiger partial charge < -0.3 is 4.74 Å². The van der Waals surface area contributed by atoms with Crippen molar-refractivity contribution in [3.8, 4) is 0 Å². The zero-order valence-electron chi connectivity index (χ0n) is 11.6. The van der Waals surface area contributed by atoms with E-state index in [0.717, 1.165) is 19.8 Å². The van der Waals surface area contributed by atoms with Crippen LogP contribution in [0.3, 0.4) is 0 Å². The van der Waals surface area contributed by atoms with E-state index in [1.165, 1.54) is 13.1 Å². The average molecular weight is 230 g/mol. The Morgan fingerprint density at radius 1 is 1.25 bits per heavy atom. The molecule has 3 heteroatoms. The van der Waals surface area contributed by atoms with Gasteiger partial charge in [-0.15, -0.1) is 0 Å². The van der Waals surface area contributed by atoms with E-state index in [-0.39, 0.29) is 1.43 Å². The molecule has 0 amide bonds. The SMILES string of the molecule is CC.CC(C)N1CC2COCCN2[C@@H](C)C1.[HH]. The summed E-state index contributed by atoms with van der Waals surface area (Å²) in [6.45, 7) is 16.3. The number of ether oxygens (including phenoxy) is 1. The fourth-order valence-electron chi connectivity index (χ4n) is 2.62. The molecule has 1 unspecified atom stereocenters. The summed E-state index contributed by atoms with van der Waals surface area (Å²) in [5, 5.41) is 0. The third-order valence-electron chi connectivity index (χ3n) is 3.51. The van der Waals surface area contributed by atoms with Crippen LogP contribution in [0.1, 0.15) is 36.0 Å². The van der Waals surface area contributed by atoms with Gasteiger partial charge in [0.05, 0.1) is 13.2 Å². The first kappa shape index (κ1) is 13.9. The molecule has 0 spiro atoms. The van der Waals surface area contributed by atoms with E-state index in [2.05, 4.69) is 30.6 Å². The van der Waals surface area contributed by atoms with Crippen molar-refractivity contribution in [1.82, 2.24) is 9.80 Å². The summed E-state index contributed by atoms with van der Waals surface area (Å²) in [4.78, 5) is 5.18. The summed E-state index contributed by atoms with van der Waals surface area (Å²) in [6.07, 6.45) is 0. The molecule has 0 aromatic rings. The second kappa shape index (κ2) is 6.58. The van der Waals surface area contributed by atoms with Gasteiger partial charge in [-0.25, -0.2) is 0 Å². The van der Waals surface area contributed by atoms with Gasteiger partial charge in [-0.05, 0) is 20.8 Å². The first-order chi connectivity index (χ1) is 7.68.